The molecule has 0 radical (unpaired) electrons. The summed E-state index contributed by atoms with van der Waals surface area (Å²) in [5, 5.41) is 18.7. The molecular formula is C11H18N2O9P2. The van der Waals surface area contributed by atoms with Crippen molar-refractivity contribution >= 4 is 21.1 Å². The predicted molar refractivity (Wildman–Crippen MR) is 82.1 cm³/mol. The molecule has 1 rings (SSSR count). The van der Waals surface area contributed by atoms with E-state index in [0.717, 1.165) is 12.1 Å². The minimum absolute atomic E-state index is 0.260. The average Bonchev–Trinajstić information content (AvgIpc) is 2.35. The number of hydrogen-bond donors (Lipinski definition) is 7. The van der Waals surface area contributed by atoms with E-state index >= 15 is 0 Å². The van der Waals surface area contributed by atoms with Gasteiger partial charge in [-0.25, -0.2) is 0 Å². The van der Waals surface area contributed by atoms with Crippen molar-refractivity contribution in [3.05, 3.63) is 23.8 Å². The fourth-order valence-corrected chi connectivity index (χ4v) is 3.74. The Labute approximate surface area is 136 Å². The Bertz CT molecular complexity index is 675. The molecule has 0 aliphatic carbocycles. The molecule has 1 atom stereocenters. The Morgan fingerprint density at radius 1 is 1.04 bits per heavy atom. The zero-order valence-electron chi connectivity index (χ0n) is 12.3. The van der Waals surface area contributed by atoms with E-state index in [4.69, 9.17) is 25.3 Å². The molecule has 1 amide bonds. The van der Waals surface area contributed by atoms with Crippen molar-refractivity contribution in [2.45, 2.75) is 12.5 Å². The molecule has 1 aromatic rings. The molecule has 11 nitrogen and oxygen atoms in total. The summed E-state index contributed by atoms with van der Waals surface area (Å²) < 4.78 is 22.4. The molecule has 24 heavy (non-hydrogen) atoms. The lowest BCUT2D eigenvalue weighted by molar-refractivity contribution is -0.122. The number of amides is 1. The lowest BCUT2D eigenvalue weighted by Crippen LogP contribution is -2.47. The van der Waals surface area contributed by atoms with Gasteiger partial charge in [-0.05, 0) is 24.1 Å². The maximum Gasteiger partial charge on any atom is 0.339 e. The monoisotopic (exact) mass is 384 g/mol. The number of phenols is 2. The Morgan fingerprint density at radius 2 is 1.54 bits per heavy atom. The van der Waals surface area contributed by atoms with Crippen molar-refractivity contribution in [3.8, 4) is 11.5 Å². The van der Waals surface area contributed by atoms with Crippen LogP contribution in [0, 0.1) is 0 Å². The summed E-state index contributed by atoms with van der Waals surface area (Å²) in [6, 6.07) is 2.09. The molecule has 0 spiro atoms. The second-order valence-electron chi connectivity index (χ2n) is 5.15. The lowest BCUT2D eigenvalue weighted by atomic mass is 10.0. The molecule has 8 N–H and O–H groups in total. The van der Waals surface area contributed by atoms with Gasteiger partial charge in [0, 0.05) is 0 Å². The van der Waals surface area contributed by atoms with Gasteiger partial charge in [-0.1, -0.05) is 6.07 Å². The number of aromatic hydroxyl groups is 2. The molecule has 0 aromatic heterocycles. The highest BCUT2D eigenvalue weighted by Gasteiger charge is 2.34. The number of nitrogens with zero attached hydrogens (tertiary/aromatic N) is 1. The van der Waals surface area contributed by atoms with E-state index < -0.39 is 51.2 Å². The largest absolute Gasteiger partial charge is 0.504 e. The maximum absolute atomic E-state index is 11.6. The number of rotatable bonds is 8. The summed E-state index contributed by atoms with van der Waals surface area (Å²) >= 11 is 0. The van der Waals surface area contributed by atoms with Gasteiger partial charge in [0.25, 0.3) is 0 Å². The molecule has 1 aromatic carbocycles. The summed E-state index contributed by atoms with van der Waals surface area (Å²) in [4.78, 5) is 48.5. The van der Waals surface area contributed by atoms with Crippen molar-refractivity contribution in [2.75, 3.05) is 12.6 Å². The second-order valence-corrected chi connectivity index (χ2v) is 8.37. The number of primary amides is 1. The molecule has 13 heteroatoms. The van der Waals surface area contributed by atoms with Crippen LogP contribution in [-0.2, 0) is 20.3 Å². The van der Waals surface area contributed by atoms with Crippen LogP contribution in [0.5, 0.6) is 11.5 Å². The Kier molecular flexibility index (Phi) is 6.54. The molecule has 0 bridgehead atoms. The van der Waals surface area contributed by atoms with Gasteiger partial charge in [0.1, 0.15) is 12.6 Å². The van der Waals surface area contributed by atoms with Gasteiger partial charge in [-0.2, -0.15) is 0 Å². The number of benzene rings is 1. The van der Waals surface area contributed by atoms with Crippen molar-refractivity contribution < 1.29 is 43.7 Å². The Morgan fingerprint density at radius 3 is 1.92 bits per heavy atom. The summed E-state index contributed by atoms with van der Waals surface area (Å²) in [5.74, 6) is -1.98. The summed E-state index contributed by atoms with van der Waals surface area (Å²) in [6.45, 7) is 0. The molecule has 136 valence electrons. The summed E-state index contributed by atoms with van der Waals surface area (Å²) in [6.07, 6.45) is -2.46. The van der Waals surface area contributed by atoms with Gasteiger partial charge in [0.15, 0.2) is 11.5 Å². The first-order valence-corrected chi connectivity index (χ1v) is 10.0. The van der Waals surface area contributed by atoms with Crippen LogP contribution in [0.4, 0.5) is 0 Å². The minimum atomic E-state index is -4.74. The zero-order chi connectivity index (χ0) is 18.7. The fourth-order valence-electron chi connectivity index (χ4n) is 2.04. The number of nitrogens with two attached hydrogens (primary N) is 1. The van der Waals surface area contributed by atoms with Crippen LogP contribution in [0.2, 0.25) is 0 Å². The van der Waals surface area contributed by atoms with Crippen molar-refractivity contribution in [3.63, 3.8) is 0 Å². The van der Waals surface area contributed by atoms with Gasteiger partial charge >= 0.3 is 15.2 Å². The third kappa shape index (κ3) is 6.98. The minimum Gasteiger partial charge on any atom is -0.504 e. The van der Waals surface area contributed by atoms with E-state index in [1.807, 2.05) is 0 Å². The van der Waals surface area contributed by atoms with Gasteiger partial charge in [0.2, 0.25) is 5.91 Å². The Hall–Kier alpha value is -1.45. The molecule has 0 heterocycles. The van der Waals surface area contributed by atoms with Crippen molar-refractivity contribution in [1.82, 2.24) is 4.90 Å². The SMILES string of the molecule is NC(=O)C(Cc1ccc(O)c(O)c1)N(CP(=O)(O)O)CP(=O)(O)O. The third-order valence-electron chi connectivity index (χ3n) is 2.97. The van der Waals surface area contributed by atoms with Gasteiger partial charge in [-0.3, -0.25) is 18.8 Å². The summed E-state index contributed by atoms with van der Waals surface area (Å²) in [5.41, 5.74) is 5.45. The fraction of sp³-hybridized carbons (Fsp3) is 0.364. The molecule has 0 saturated heterocycles. The lowest BCUT2D eigenvalue weighted by Gasteiger charge is -2.29. The average molecular weight is 384 g/mol. The molecule has 0 saturated carbocycles. The quantitative estimate of drug-likeness (QED) is 0.217. The van der Waals surface area contributed by atoms with Crippen molar-refractivity contribution in [2.24, 2.45) is 5.73 Å². The number of carbonyl (C=O) groups is 1. The van der Waals surface area contributed by atoms with Crippen LogP contribution < -0.4 is 5.73 Å². The normalized spacial score (nSPS) is 13.9. The van der Waals surface area contributed by atoms with Gasteiger partial charge in [-0.15, -0.1) is 0 Å². The predicted octanol–water partition coefficient (Wildman–Crippen LogP) is -0.933. The third-order valence-corrected chi connectivity index (χ3v) is 4.43. The van der Waals surface area contributed by atoms with Gasteiger partial charge in [0.05, 0.1) is 6.04 Å². The van der Waals surface area contributed by atoms with Crippen LogP contribution >= 0.6 is 15.2 Å². The highest BCUT2D eigenvalue weighted by atomic mass is 31.2. The van der Waals surface area contributed by atoms with E-state index in [-0.39, 0.29) is 12.0 Å². The van der Waals surface area contributed by atoms with Gasteiger partial charge < -0.3 is 35.5 Å². The molecule has 0 aliphatic rings. The standard InChI is InChI=1S/C11H18N2O9P2/c12-11(16)8(3-7-1-2-9(14)10(15)4-7)13(5-23(17,18)19)6-24(20,21)22/h1-2,4,8,14-15H,3,5-6H2,(H2,12,16)(H2,17,18,19)(H2,20,21,22). The first kappa shape index (κ1) is 20.6. The van der Waals surface area contributed by atoms with E-state index in [1.165, 1.54) is 6.07 Å². The van der Waals surface area contributed by atoms with E-state index in [9.17, 15) is 24.1 Å². The maximum atomic E-state index is 11.6. The molecule has 0 fully saturated rings. The molecule has 0 aliphatic heterocycles. The van der Waals surface area contributed by atoms with Crippen LogP contribution in [0.1, 0.15) is 5.56 Å². The number of hydrogen-bond acceptors (Lipinski definition) is 6. The molecular weight excluding hydrogens is 366 g/mol. The highest BCUT2D eigenvalue weighted by Crippen LogP contribution is 2.42. The highest BCUT2D eigenvalue weighted by molar-refractivity contribution is 7.52. The van der Waals surface area contributed by atoms with E-state index in [2.05, 4.69) is 0 Å². The van der Waals surface area contributed by atoms with Crippen molar-refractivity contribution in [1.29, 1.82) is 0 Å². The van der Waals surface area contributed by atoms with Crippen LogP contribution in [0.25, 0.3) is 0 Å². The second kappa shape index (κ2) is 7.62. The van der Waals surface area contributed by atoms with Crippen LogP contribution in [-0.4, -0.2) is 59.2 Å². The Balaban J connectivity index is 3.15. The van der Waals surface area contributed by atoms with Crippen LogP contribution in [0.15, 0.2) is 18.2 Å². The smallest absolute Gasteiger partial charge is 0.339 e. The topological polar surface area (TPSA) is 202 Å². The first-order chi connectivity index (χ1) is 10.8. The van der Waals surface area contributed by atoms with E-state index in [1.54, 1.807) is 0 Å². The summed E-state index contributed by atoms with van der Waals surface area (Å²) in [7, 11) is -9.48. The van der Waals surface area contributed by atoms with Crippen LogP contribution in [0.3, 0.4) is 0 Å². The number of carbonyl (C=O) groups excluding carboxylic acids is 1. The number of phenolic OH excluding ortho intramolecular Hbond substituents is 2. The first-order valence-electron chi connectivity index (χ1n) is 6.42. The zero-order valence-corrected chi connectivity index (χ0v) is 14.0. The van der Waals surface area contributed by atoms with E-state index in [0.29, 0.717) is 4.90 Å². The molecule has 1 unspecified atom stereocenters.